The molecule has 3 heteroatoms. The number of fused-ring (bicyclic) bond motifs is 1. The van der Waals surface area contributed by atoms with Gasteiger partial charge in [0.15, 0.2) is 0 Å². The lowest BCUT2D eigenvalue weighted by Crippen LogP contribution is -2.22. The van der Waals surface area contributed by atoms with Gasteiger partial charge in [-0.2, -0.15) is 0 Å². The Labute approximate surface area is 112 Å². The molecule has 98 valence electrons. The van der Waals surface area contributed by atoms with Gasteiger partial charge in [0.25, 0.3) is 0 Å². The molecule has 0 fully saturated rings. The highest BCUT2D eigenvalue weighted by molar-refractivity contribution is 5.28. The average molecular weight is 256 g/mol. The predicted molar refractivity (Wildman–Crippen MR) is 73.4 cm³/mol. The second-order valence-corrected chi connectivity index (χ2v) is 4.97. The summed E-state index contributed by atoms with van der Waals surface area (Å²) in [6.07, 6.45) is 5.00. The highest BCUT2D eigenvalue weighted by Crippen LogP contribution is 2.28. The van der Waals surface area contributed by atoms with Crippen molar-refractivity contribution in [3.63, 3.8) is 0 Å². The average Bonchev–Trinajstić information content (AvgIpc) is 2.85. The largest absolute Gasteiger partial charge is 0.308 e. The van der Waals surface area contributed by atoms with E-state index < -0.39 is 0 Å². The van der Waals surface area contributed by atoms with E-state index in [-0.39, 0.29) is 5.82 Å². The van der Waals surface area contributed by atoms with Crippen LogP contribution in [-0.4, -0.2) is 11.5 Å². The summed E-state index contributed by atoms with van der Waals surface area (Å²) in [6, 6.07) is 11.2. The fourth-order valence-corrected chi connectivity index (χ4v) is 2.65. The third kappa shape index (κ3) is 2.82. The summed E-state index contributed by atoms with van der Waals surface area (Å²) in [5.74, 6) is -0.175. The van der Waals surface area contributed by atoms with Crippen LogP contribution in [0.3, 0.4) is 0 Å². The van der Waals surface area contributed by atoms with Crippen molar-refractivity contribution in [2.75, 3.05) is 6.54 Å². The van der Waals surface area contributed by atoms with E-state index in [0.29, 0.717) is 6.04 Å². The van der Waals surface area contributed by atoms with Crippen molar-refractivity contribution < 1.29 is 4.39 Å². The summed E-state index contributed by atoms with van der Waals surface area (Å²) in [5, 5.41) is 3.54. The fraction of sp³-hybridized carbons (Fsp3) is 0.312. The molecule has 1 heterocycles. The van der Waals surface area contributed by atoms with Gasteiger partial charge in [-0.25, -0.2) is 4.39 Å². The smallest absolute Gasteiger partial charge is 0.123 e. The molecule has 1 aromatic carbocycles. The van der Waals surface area contributed by atoms with E-state index in [0.717, 1.165) is 31.4 Å². The van der Waals surface area contributed by atoms with Crippen molar-refractivity contribution in [3.8, 4) is 0 Å². The Bertz CT molecular complexity index is 551. The molecular weight excluding hydrogens is 239 g/mol. The van der Waals surface area contributed by atoms with Crippen molar-refractivity contribution in [1.82, 2.24) is 10.3 Å². The lowest BCUT2D eigenvalue weighted by atomic mass is 10.1. The summed E-state index contributed by atoms with van der Waals surface area (Å²) in [5.41, 5.74) is 3.72. The fourth-order valence-electron chi connectivity index (χ4n) is 2.65. The molecule has 0 saturated heterocycles. The minimum Gasteiger partial charge on any atom is -0.308 e. The van der Waals surface area contributed by atoms with Crippen LogP contribution in [0.5, 0.6) is 0 Å². The lowest BCUT2D eigenvalue weighted by Gasteiger charge is -2.12. The number of hydrogen-bond donors (Lipinski definition) is 1. The summed E-state index contributed by atoms with van der Waals surface area (Å²) < 4.78 is 12.8. The summed E-state index contributed by atoms with van der Waals surface area (Å²) in [6.45, 7) is 0.895. The second kappa shape index (κ2) is 5.49. The van der Waals surface area contributed by atoms with E-state index in [1.54, 1.807) is 0 Å². The van der Waals surface area contributed by atoms with E-state index in [4.69, 9.17) is 0 Å². The number of nitrogens with one attached hydrogen (secondary N) is 1. The van der Waals surface area contributed by atoms with Gasteiger partial charge in [0, 0.05) is 6.20 Å². The maximum Gasteiger partial charge on any atom is 0.123 e. The molecule has 0 saturated carbocycles. The monoisotopic (exact) mass is 256 g/mol. The minimum absolute atomic E-state index is 0.175. The van der Waals surface area contributed by atoms with Crippen LogP contribution in [0, 0.1) is 5.82 Å². The van der Waals surface area contributed by atoms with Gasteiger partial charge in [-0.1, -0.05) is 18.2 Å². The van der Waals surface area contributed by atoms with E-state index >= 15 is 0 Å². The molecule has 0 amide bonds. The zero-order valence-electron chi connectivity index (χ0n) is 10.8. The van der Waals surface area contributed by atoms with Crippen LogP contribution in [0.15, 0.2) is 42.6 Å². The second-order valence-electron chi connectivity index (χ2n) is 4.97. The maximum absolute atomic E-state index is 12.8. The van der Waals surface area contributed by atoms with Crippen molar-refractivity contribution in [2.24, 2.45) is 0 Å². The maximum atomic E-state index is 12.8. The van der Waals surface area contributed by atoms with Gasteiger partial charge >= 0.3 is 0 Å². The first-order valence-corrected chi connectivity index (χ1v) is 6.74. The minimum atomic E-state index is -0.175. The van der Waals surface area contributed by atoms with Gasteiger partial charge < -0.3 is 5.32 Å². The van der Waals surface area contributed by atoms with Gasteiger partial charge in [0.05, 0.1) is 11.7 Å². The molecular formula is C16H17FN2. The van der Waals surface area contributed by atoms with Crippen LogP contribution < -0.4 is 5.32 Å². The highest BCUT2D eigenvalue weighted by Gasteiger charge is 2.22. The molecule has 1 aromatic heterocycles. The molecule has 1 aliphatic carbocycles. The van der Waals surface area contributed by atoms with Crippen molar-refractivity contribution in [2.45, 2.75) is 25.3 Å². The third-order valence-corrected chi connectivity index (χ3v) is 3.68. The molecule has 0 aliphatic heterocycles. The van der Waals surface area contributed by atoms with Crippen LogP contribution in [0.25, 0.3) is 0 Å². The molecule has 2 aromatic rings. The van der Waals surface area contributed by atoms with E-state index in [9.17, 15) is 4.39 Å². The van der Waals surface area contributed by atoms with Gasteiger partial charge in [0.1, 0.15) is 5.82 Å². The number of halogens is 1. The number of pyridine rings is 1. The first-order valence-electron chi connectivity index (χ1n) is 6.74. The Morgan fingerprint density at radius 3 is 2.89 bits per heavy atom. The molecule has 2 nitrogen and oxygen atoms in total. The number of hydrogen-bond acceptors (Lipinski definition) is 2. The lowest BCUT2D eigenvalue weighted by molar-refractivity contribution is 0.524. The molecule has 0 radical (unpaired) electrons. The molecule has 1 aliphatic rings. The van der Waals surface area contributed by atoms with Crippen LogP contribution in [0.4, 0.5) is 4.39 Å². The van der Waals surface area contributed by atoms with Crippen LogP contribution in [0.1, 0.15) is 29.3 Å². The molecule has 3 rings (SSSR count). The molecule has 1 atom stereocenters. The van der Waals surface area contributed by atoms with Gasteiger partial charge in [-0.15, -0.1) is 0 Å². The first-order chi connectivity index (χ1) is 9.33. The zero-order valence-corrected chi connectivity index (χ0v) is 10.8. The molecule has 0 spiro atoms. The first kappa shape index (κ1) is 12.3. The van der Waals surface area contributed by atoms with Gasteiger partial charge in [0.2, 0.25) is 0 Å². The normalized spacial score (nSPS) is 17.4. The Morgan fingerprint density at radius 1 is 1.21 bits per heavy atom. The number of rotatable bonds is 4. The number of benzene rings is 1. The SMILES string of the molecule is Fc1ccc(CCNC2CCc3cccnc32)cc1. The van der Waals surface area contributed by atoms with E-state index in [1.165, 1.54) is 23.4 Å². The molecule has 19 heavy (non-hydrogen) atoms. The Morgan fingerprint density at radius 2 is 2.05 bits per heavy atom. The van der Waals surface area contributed by atoms with Crippen LogP contribution in [0.2, 0.25) is 0 Å². The highest BCUT2D eigenvalue weighted by atomic mass is 19.1. The van der Waals surface area contributed by atoms with Crippen molar-refractivity contribution in [3.05, 3.63) is 65.2 Å². The quantitative estimate of drug-likeness (QED) is 0.909. The molecule has 0 bridgehead atoms. The summed E-state index contributed by atoms with van der Waals surface area (Å²) >= 11 is 0. The number of nitrogens with zero attached hydrogens (tertiary/aromatic N) is 1. The van der Waals surface area contributed by atoms with Crippen LogP contribution in [-0.2, 0) is 12.8 Å². The Hall–Kier alpha value is -1.74. The molecule has 1 unspecified atom stereocenters. The number of aromatic nitrogens is 1. The van der Waals surface area contributed by atoms with Gasteiger partial charge in [-0.3, -0.25) is 4.98 Å². The summed E-state index contributed by atoms with van der Waals surface area (Å²) in [4.78, 5) is 4.47. The van der Waals surface area contributed by atoms with Crippen LogP contribution >= 0.6 is 0 Å². The topological polar surface area (TPSA) is 24.9 Å². The molecule has 1 N–H and O–H groups in total. The Balaban J connectivity index is 1.55. The van der Waals surface area contributed by atoms with Gasteiger partial charge in [-0.05, 0) is 55.1 Å². The van der Waals surface area contributed by atoms with E-state index in [1.807, 2.05) is 24.4 Å². The van der Waals surface area contributed by atoms with Crippen molar-refractivity contribution >= 4 is 0 Å². The Kier molecular flexibility index (Phi) is 3.56. The standard InChI is InChI=1S/C16H17FN2/c17-14-6-3-12(4-7-14)9-11-18-15-8-5-13-2-1-10-19-16(13)15/h1-4,6-7,10,15,18H,5,8-9,11H2. The summed E-state index contributed by atoms with van der Waals surface area (Å²) in [7, 11) is 0. The zero-order chi connectivity index (χ0) is 13.1. The predicted octanol–water partition coefficient (Wildman–Crippen LogP) is 3.04. The van der Waals surface area contributed by atoms with Crippen molar-refractivity contribution in [1.29, 1.82) is 0 Å². The number of aryl methyl sites for hydroxylation is 1. The van der Waals surface area contributed by atoms with E-state index in [2.05, 4.69) is 16.4 Å². The third-order valence-electron chi connectivity index (χ3n) is 3.68.